The Morgan fingerprint density at radius 2 is 1.00 bits per heavy atom. The second kappa shape index (κ2) is 10.4. The van der Waals surface area contributed by atoms with Crippen LogP contribution < -0.4 is 10.4 Å². The highest BCUT2D eigenvalue weighted by Crippen LogP contribution is 2.29. The van der Waals surface area contributed by atoms with Crippen LogP contribution in [0, 0.1) is 0 Å². The topological polar surface area (TPSA) is 65.2 Å². The van der Waals surface area contributed by atoms with Crippen LogP contribution in [0.3, 0.4) is 0 Å². The molecule has 2 rings (SSSR count). The molecule has 0 fully saturated rings. The number of phenolic OH excluding ortho intramolecular Hbond substituents is 2. The lowest BCUT2D eigenvalue weighted by Gasteiger charge is -2.21. The number of hydrogen-bond donors (Lipinski definition) is 2. The van der Waals surface area contributed by atoms with Gasteiger partial charge in [-0.15, -0.1) is 0 Å². The largest absolute Gasteiger partial charge is 0.507 e. The van der Waals surface area contributed by atoms with Gasteiger partial charge in [0, 0.05) is 23.6 Å². The molecule has 0 bridgehead atoms. The molecule has 0 aliphatic rings. The molecule has 0 aliphatic carbocycles. The van der Waals surface area contributed by atoms with Gasteiger partial charge in [0.05, 0.1) is 16.1 Å². The van der Waals surface area contributed by atoms with Gasteiger partial charge in [-0.2, -0.15) is 0 Å². The van der Waals surface area contributed by atoms with Crippen LogP contribution in [0.15, 0.2) is 34.3 Å². The Hall–Kier alpha value is -2.19. The first-order valence-corrected chi connectivity index (χ1v) is 18.9. The molecule has 0 heterocycles. The molecule has 0 aliphatic heterocycles. The van der Waals surface area contributed by atoms with Gasteiger partial charge in [0.1, 0.15) is 18.2 Å². The summed E-state index contributed by atoms with van der Waals surface area (Å²) in [5.74, 6) is 1.09. The number of hydrogen-bond acceptors (Lipinski definition) is 4. The SMILES string of the molecule is CC(C)c1cc([Si](C)(C)C)cc(C=NCN=Cc2cc([Si](C)(C)C)cc(C(C)C)c2O)c1O. The van der Waals surface area contributed by atoms with E-state index in [0.717, 1.165) is 22.3 Å². The highest BCUT2D eigenvalue weighted by Gasteiger charge is 2.22. The monoisotopic (exact) mass is 482 g/mol. The Labute approximate surface area is 202 Å². The van der Waals surface area contributed by atoms with Gasteiger partial charge in [0.2, 0.25) is 0 Å². The van der Waals surface area contributed by atoms with Gasteiger partial charge in [-0.25, -0.2) is 0 Å². The molecule has 0 saturated carbocycles. The van der Waals surface area contributed by atoms with Crippen molar-refractivity contribution in [2.75, 3.05) is 6.67 Å². The minimum Gasteiger partial charge on any atom is -0.507 e. The first-order valence-electron chi connectivity index (χ1n) is 11.9. The Kier molecular flexibility index (Phi) is 8.52. The summed E-state index contributed by atoms with van der Waals surface area (Å²) in [6, 6.07) is 8.45. The van der Waals surface area contributed by atoms with E-state index < -0.39 is 16.1 Å². The molecule has 2 aromatic rings. The van der Waals surface area contributed by atoms with Crippen LogP contribution in [0.5, 0.6) is 11.5 Å². The second-order valence-corrected chi connectivity index (χ2v) is 21.7. The summed E-state index contributed by atoms with van der Waals surface area (Å²) in [6.45, 7) is 22.5. The lowest BCUT2D eigenvalue weighted by atomic mass is 9.99. The molecule has 6 heteroatoms. The summed E-state index contributed by atoms with van der Waals surface area (Å²) < 4.78 is 0. The molecule has 0 saturated heterocycles. The van der Waals surface area contributed by atoms with Crippen LogP contribution >= 0.6 is 0 Å². The summed E-state index contributed by atoms with van der Waals surface area (Å²) in [4.78, 5) is 8.92. The van der Waals surface area contributed by atoms with E-state index in [-0.39, 0.29) is 18.5 Å². The molecule has 2 N–H and O–H groups in total. The normalized spacial score (nSPS) is 13.2. The maximum atomic E-state index is 10.8. The van der Waals surface area contributed by atoms with Crippen LogP contribution in [0.4, 0.5) is 0 Å². The minimum atomic E-state index is -1.53. The van der Waals surface area contributed by atoms with Crippen molar-refractivity contribution in [3.63, 3.8) is 0 Å². The summed E-state index contributed by atoms with van der Waals surface area (Å²) in [6.07, 6.45) is 3.44. The second-order valence-electron chi connectivity index (χ2n) is 11.6. The molecule has 33 heavy (non-hydrogen) atoms. The Morgan fingerprint density at radius 1 is 0.667 bits per heavy atom. The molecular formula is C27H42N2O2Si2. The Bertz CT molecular complexity index is 960. The minimum absolute atomic E-state index is 0.237. The lowest BCUT2D eigenvalue weighted by Crippen LogP contribution is -2.38. The molecule has 180 valence electrons. The van der Waals surface area contributed by atoms with Crippen molar-refractivity contribution in [1.29, 1.82) is 0 Å². The van der Waals surface area contributed by atoms with Gasteiger partial charge in [0.25, 0.3) is 0 Å². The number of rotatable bonds is 8. The van der Waals surface area contributed by atoms with Gasteiger partial charge in [-0.1, -0.05) is 102 Å². The maximum absolute atomic E-state index is 10.8. The molecule has 0 radical (unpaired) electrons. The highest BCUT2D eigenvalue weighted by atomic mass is 28.3. The number of benzene rings is 2. The lowest BCUT2D eigenvalue weighted by molar-refractivity contribution is 0.463. The van der Waals surface area contributed by atoms with Crippen LogP contribution in [-0.4, -0.2) is 45.5 Å². The van der Waals surface area contributed by atoms with E-state index in [1.54, 1.807) is 12.4 Å². The van der Waals surface area contributed by atoms with Crippen molar-refractivity contribution in [2.24, 2.45) is 9.98 Å². The zero-order valence-electron chi connectivity index (χ0n) is 22.1. The van der Waals surface area contributed by atoms with Gasteiger partial charge in [0.15, 0.2) is 0 Å². The van der Waals surface area contributed by atoms with E-state index in [4.69, 9.17) is 0 Å². The van der Waals surface area contributed by atoms with E-state index in [1.165, 1.54) is 10.4 Å². The first kappa shape index (κ1) is 27.1. The third-order valence-corrected chi connectivity index (χ3v) is 9.98. The molecule has 0 atom stereocenters. The van der Waals surface area contributed by atoms with E-state index in [2.05, 4.69) is 101 Å². The van der Waals surface area contributed by atoms with Crippen molar-refractivity contribution in [2.45, 2.75) is 78.8 Å². The highest BCUT2D eigenvalue weighted by molar-refractivity contribution is 6.89. The molecule has 0 spiro atoms. The van der Waals surface area contributed by atoms with Crippen LogP contribution in [-0.2, 0) is 0 Å². The Morgan fingerprint density at radius 3 is 1.27 bits per heavy atom. The molecule has 2 aromatic carbocycles. The maximum Gasteiger partial charge on any atom is 0.129 e. The summed E-state index contributed by atoms with van der Waals surface area (Å²) >= 11 is 0. The fraction of sp³-hybridized carbons (Fsp3) is 0.481. The molecule has 0 aromatic heterocycles. The summed E-state index contributed by atoms with van der Waals surface area (Å²) in [7, 11) is -3.06. The van der Waals surface area contributed by atoms with E-state index in [1.807, 2.05) is 0 Å². The summed E-state index contributed by atoms with van der Waals surface area (Å²) in [5.41, 5.74) is 3.43. The predicted octanol–water partition coefficient (Wildman–Crippen LogP) is 5.93. The number of aliphatic imine (C=N–C) groups is 2. The van der Waals surface area contributed by atoms with E-state index in [9.17, 15) is 10.2 Å². The molecule has 4 nitrogen and oxygen atoms in total. The van der Waals surface area contributed by atoms with Gasteiger partial charge < -0.3 is 10.2 Å². The van der Waals surface area contributed by atoms with Crippen LogP contribution in [0.25, 0.3) is 0 Å². The predicted molar refractivity (Wildman–Crippen MR) is 150 cm³/mol. The number of nitrogens with zero attached hydrogens (tertiary/aromatic N) is 2. The third kappa shape index (κ3) is 6.90. The third-order valence-electron chi connectivity index (χ3n) is 5.94. The van der Waals surface area contributed by atoms with Crippen molar-refractivity contribution in [3.8, 4) is 11.5 Å². The molecular weight excluding hydrogens is 440 g/mol. The fourth-order valence-electron chi connectivity index (χ4n) is 3.63. The summed E-state index contributed by atoms with van der Waals surface area (Å²) in [5, 5.41) is 24.1. The van der Waals surface area contributed by atoms with Crippen molar-refractivity contribution < 1.29 is 10.2 Å². The van der Waals surface area contributed by atoms with Crippen molar-refractivity contribution >= 4 is 39.0 Å². The Balaban J connectivity index is 2.32. The number of aromatic hydroxyl groups is 2. The average molecular weight is 483 g/mol. The number of phenols is 2. The zero-order chi connectivity index (χ0) is 25.1. The van der Waals surface area contributed by atoms with Crippen LogP contribution in [0.1, 0.15) is 61.8 Å². The van der Waals surface area contributed by atoms with Gasteiger partial charge in [-0.05, 0) is 23.0 Å². The van der Waals surface area contributed by atoms with Crippen molar-refractivity contribution in [3.05, 3.63) is 46.5 Å². The smallest absolute Gasteiger partial charge is 0.129 e. The van der Waals surface area contributed by atoms with Gasteiger partial charge in [-0.3, -0.25) is 9.98 Å². The quantitative estimate of drug-likeness (QED) is 0.362. The standard InChI is InChI=1S/C27H42N2O2Si2/c1-18(2)24-13-22(32(5,6)7)11-20(26(24)30)15-28-17-29-16-21-12-23(33(8,9)10)14-25(19(3)4)27(21)31/h11-16,18-19,30-31H,17H2,1-10H3. The fourth-order valence-corrected chi connectivity index (χ4v) is 5.98. The van der Waals surface area contributed by atoms with Crippen LogP contribution in [0.2, 0.25) is 39.3 Å². The van der Waals surface area contributed by atoms with E-state index in [0.29, 0.717) is 11.5 Å². The zero-order valence-corrected chi connectivity index (χ0v) is 24.1. The molecule has 0 amide bonds. The average Bonchev–Trinajstić information content (AvgIpc) is 2.67. The van der Waals surface area contributed by atoms with E-state index >= 15 is 0 Å². The first-order chi connectivity index (χ1) is 15.1. The molecule has 0 unspecified atom stereocenters. The van der Waals surface area contributed by atoms with Crippen molar-refractivity contribution in [1.82, 2.24) is 0 Å². The van der Waals surface area contributed by atoms with Gasteiger partial charge >= 0.3 is 0 Å².